The number of carbonyl (C=O) groups excluding carboxylic acids is 1. The van der Waals surface area contributed by atoms with Crippen LogP contribution in [0.5, 0.6) is 0 Å². The molecule has 35 heavy (non-hydrogen) atoms. The zero-order chi connectivity index (χ0) is 24.8. The Bertz CT molecular complexity index is 1310. The summed E-state index contributed by atoms with van der Waals surface area (Å²) < 4.78 is 0. The van der Waals surface area contributed by atoms with Crippen LogP contribution in [0.3, 0.4) is 0 Å². The fourth-order valence-electron chi connectivity index (χ4n) is 3.51. The van der Waals surface area contributed by atoms with Crippen LogP contribution in [0.4, 0.5) is 11.5 Å². The molecule has 0 fully saturated rings. The summed E-state index contributed by atoms with van der Waals surface area (Å²) in [5, 5.41) is 3.99. The van der Waals surface area contributed by atoms with Crippen molar-refractivity contribution in [1.29, 1.82) is 0 Å². The SMILES string of the molecule is Cc1ccc(NC(=O)c2ccc(CSc3nc(Cl)cc(N(C)Cc4ccccc4)n3)cc2)cc1C. The molecule has 0 bridgehead atoms. The van der Waals surface area contributed by atoms with Crippen molar-refractivity contribution in [2.45, 2.75) is 31.3 Å². The quantitative estimate of drug-likeness (QED) is 0.161. The number of rotatable bonds is 8. The van der Waals surface area contributed by atoms with Gasteiger partial charge in [0.05, 0.1) is 0 Å². The van der Waals surface area contributed by atoms with E-state index in [0.717, 1.165) is 29.2 Å². The molecule has 1 N–H and O–H groups in total. The maximum absolute atomic E-state index is 12.6. The highest BCUT2D eigenvalue weighted by Gasteiger charge is 2.11. The topological polar surface area (TPSA) is 58.1 Å². The van der Waals surface area contributed by atoms with Crippen LogP contribution >= 0.6 is 23.4 Å². The summed E-state index contributed by atoms with van der Waals surface area (Å²) in [6.07, 6.45) is 0. The van der Waals surface area contributed by atoms with Gasteiger partial charge in [0.2, 0.25) is 0 Å². The predicted molar refractivity (Wildman–Crippen MR) is 145 cm³/mol. The lowest BCUT2D eigenvalue weighted by molar-refractivity contribution is 0.102. The van der Waals surface area contributed by atoms with Gasteiger partial charge in [-0.15, -0.1) is 0 Å². The molecule has 178 valence electrons. The summed E-state index contributed by atoms with van der Waals surface area (Å²) in [5.41, 5.74) is 6.02. The van der Waals surface area contributed by atoms with E-state index in [1.807, 2.05) is 74.6 Å². The van der Waals surface area contributed by atoms with Crippen molar-refractivity contribution in [3.8, 4) is 0 Å². The Labute approximate surface area is 215 Å². The zero-order valence-electron chi connectivity index (χ0n) is 20.0. The Morgan fingerprint density at radius 1 is 0.914 bits per heavy atom. The highest BCUT2D eigenvalue weighted by atomic mass is 35.5. The van der Waals surface area contributed by atoms with Crippen molar-refractivity contribution in [1.82, 2.24) is 9.97 Å². The third-order valence-electron chi connectivity index (χ3n) is 5.66. The van der Waals surface area contributed by atoms with E-state index >= 15 is 0 Å². The Hall–Kier alpha value is -3.35. The number of benzene rings is 3. The van der Waals surface area contributed by atoms with Crippen LogP contribution in [0.2, 0.25) is 5.15 Å². The average Bonchev–Trinajstić information content (AvgIpc) is 2.85. The normalized spacial score (nSPS) is 10.7. The molecule has 0 atom stereocenters. The number of nitrogens with one attached hydrogen (secondary N) is 1. The summed E-state index contributed by atoms with van der Waals surface area (Å²) in [6.45, 7) is 4.81. The van der Waals surface area contributed by atoms with Gasteiger partial charge in [0, 0.05) is 36.7 Å². The van der Waals surface area contributed by atoms with E-state index in [1.165, 1.54) is 22.9 Å². The summed E-state index contributed by atoms with van der Waals surface area (Å²) in [4.78, 5) is 23.7. The maximum atomic E-state index is 12.6. The monoisotopic (exact) mass is 502 g/mol. The van der Waals surface area contributed by atoms with E-state index < -0.39 is 0 Å². The lowest BCUT2D eigenvalue weighted by Gasteiger charge is -2.19. The minimum atomic E-state index is -0.128. The van der Waals surface area contributed by atoms with E-state index in [9.17, 15) is 4.79 Å². The van der Waals surface area contributed by atoms with Crippen LogP contribution in [-0.2, 0) is 12.3 Å². The fraction of sp³-hybridized carbons (Fsp3) is 0.179. The van der Waals surface area contributed by atoms with E-state index in [4.69, 9.17) is 11.6 Å². The summed E-state index contributed by atoms with van der Waals surface area (Å²) in [6, 6.07) is 25.5. The molecule has 5 nitrogen and oxygen atoms in total. The van der Waals surface area contributed by atoms with E-state index in [1.54, 1.807) is 6.07 Å². The molecular formula is C28H27ClN4OS. The number of halogens is 1. The minimum Gasteiger partial charge on any atom is -0.355 e. The first kappa shape index (κ1) is 24.8. The molecule has 0 radical (unpaired) electrons. The van der Waals surface area contributed by atoms with Crippen molar-refractivity contribution < 1.29 is 4.79 Å². The Balaban J connectivity index is 1.37. The van der Waals surface area contributed by atoms with E-state index in [2.05, 4.69) is 39.2 Å². The van der Waals surface area contributed by atoms with Crippen LogP contribution in [0.25, 0.3) is 0 Å². The molecule has 3 aromatic carbocycles. The zero-order valence-corrected chi connectivity index (χ0v) is 21.5. The van der Waals surface area contributed by atoms with Gasteiger partial charge in [-0.3, -0.25) is 4.79 Å². The standard InChI is InChI=1S/C28H27ClN4OS/c1-19-9-14-24(15-20(19)2)30-27(34)23-12-10-22(11-13-23)18-35-28-31-25(29)16-26(32-28)33(3)17-21-7-5-4-6-8-21/h4-16H,17-18H2,1-3H3,(H,30,34). The first-order valence-electron chi connectivity index (χ1n) is 11.3. The number of thioether (sulfide) groups is 1. The van der Waals surface area contributed by atoms with Gasteiger partial charge >= 0.3 is 0 Å². The first-order valence-corrected chi connectivity index (χ1v) is 12.6. The number of carbonyl (C=O) groups is 1. The first-order chi connectivity index (χ1) is 16.9. The molecule has 0 spiro atoms. The number of aromatic nitrogens is 2. The number of aryl methyl sites for hydroxylation is 2. The van der Waals surface area contributed by atoms with Crippen LogP contribution < -0.4 is 10.2 Å². The summed E-state index contributed by atoms with van der Waals surface area (Å²) >= 11 is 7.80. The number of hydrogen-bond acceptors (Lipinski definition) is 5. The van der Waals surface area contributed by atoms with Crippen molar-refractivity contribution in [2.75, 3.05) is 17.3 Å². The molecule has 0 saturated heterocycles. The molecule has 7 heteroatoms. The molecule has 4 rings (SSSR count). The highest BCUT2D eigenvalue weighted by molar-refractivity contribution is 7.98. The van der Waals surface area contributed by atoms with E-state index in [-0.39, 0.29) is 5.91 Å². The smallest absolute Gasteiger partial charge is 0.255 e. The predicted octanol–water partition coefficient (Wildman–Crippen LogP) is 6.93. The Kier molecular flexibility index (Phi) is 8.06. The third-order valence-corrected chi connectivity index (χ3v) is 6.78. The Morgan fingerprint density at radius 3 is 2.37 bits per heavy atom. The lowest BCUT2D eigenvalue weighted by atomic mass is 10.1. The lowest BCUT2D eigenvalue weighted by Crippen LogP contribution is -2.18. The second-order valence-corrected chi connectivity index (χ2v) is 9.74. The molecular weight excluding hydrogens is 476 g/mol. The molecule has 0 aliphatic heterocycles. The number of hydrogen-bond donors (Lipinski definition) is 1. The fourth-order valence-corrected chi connectivity index (χ4v) is 4.54. The van der Waals surface area contributed by atoms with Gasteiger partial charge in [-0.25, -0.2) is 9.97 Å². The van der Waals surface area contributed by atoms with Gasteiger partial charge in [-0.1, -0.05) is 71.9 Å². The van der Waals surface area contributed by atoms with Gasteiger partial charge in [0.15, 0.2) is 5.16 Å². The van der Waals surface area contributed by atoms with Crippen LogP contribution in [0, 0.1) is 13.8 Å². The molecule has 1 heterocycles. The maximum Gasteiger partial charge on any atom is 0.255 e. The van der Waals surface area contributed by atoms with Crippen molar-refractivity contribution in [3.05, 3.63) is 112 Å². The number of amides is 1. The van der Waals surface area contributed by atoms with Crippen LogP contribution in [0.15, 0.2) is 84.0 Å². The average molecular weight is 503 g/mol. The van der Waals surface area contributed by atoms with Crippen LogP contribution in [0.1, 0.15) is 32.6 Å². The second kappa shape index (κ2) is 11.4. The molecule has 0 aliphatic carbocycles. The van der Waals surface area contributed by atoms with Gasteiger partial charge < -0.3 is 10.2 Å². The minimum absolute atomic E-state index is 0.128. The summed E-state index contributed by atoms with van der Waals surface area (Å²) in [7, 11) is 1.99. The van der Waals surface area contributed by atoms with Crippen LogP contribution in [-0.4, -0.2) is 22.9 Å². The van der Waals surface area contributed by atoms with E-state index in [0.29, 0.717) is 21.6 Å². The highest BCUT2D eigenvalue weighted by Crippen LogP contribution is 2.25. The van der Waals surface area contributed by atoms with Crippen molar-refractivity contribution in [3.63, 3.8) is 0 Å². The van der Waals surface area contributed by atoms with Gasteiger partial charge in [-0.2, -0.15) is 0 Å². The number of anilines is 2. The summed E-state index contributed by atoms with van der Waals surface area (Å²) in [5.74, 6) is 1.31. The molecule has 0 unspecified atom stereocenters. The largest absolute Gasteiger partial charge is 0.355 e. The van der Waals surface area contributed by atoms with Crippen molar-refractivity contribution >= 4 is 40.8 Å². The van der Waals surface area contributed by atoms with Gasteiger partial charge in [0.25, 0.3) is 5.91 Å². The molecule has 1 amide bonds. The Morgan fingerprint density at radius 2 is 1.66 bits per heavy atom. The number of nitrogens with zero attached hydrogens (tertiary/aromatic N) is 3. The third kappa shape index (κ3) is 6.84. The molecule has 0 aliphatic rings. The van der Waals surface area contributed by atoms with Crippen molar-refractivity contribution in [2.24, 2.45) is 0 Å². The van der Waals surface area contributed by atoms with Gasteiger partial charge in [0.1, 0.15) is 11.0 Å². The molecule has 4 aromatic rings. The second-order valence-electron chi connectivity index (χ2n) is 8.41. The van der Waals surface area contributed by atoms with Gasteiger partial charge in [-0.05, 0) is 60.4 Å². The molecule has 1 aromatic heterocycles. The molecule has 0 saturated carbocycles.